The average molecular weight is 327 g/mol. The maximum absolute atomic E-state index is 13.2. The number of ether oxygens (including phenoxy) is 1. The lowest BCUT2D eigenvalue weighted by atomic mass is 9.84. The van der Waals surface area contributed by atoms with E-state index in [0.29, 0.717) is 12.8 Å². The molecule has 1 N–H and O–H groups in total. The van der Waals surface area contributed by atoms with E-state index in [4.69, 9.17) is 4.74 Å². The van der Waals surface area contributed by atoms with Gasteiger partial charge in [-0.1, -0.05) is 0 Å². The molecule has 4 atom stereocenters. The van der Waals surface area contributed by atoms with Crippen LogP contribution in [-0.4, -0.2) is 30.1 Å². The molecule has 126 valence electrons. The summed E-state index contributed by atoms with van der Waals surface area (Å²) in [6, 6.07) is 3.98. The Kier molecular flexibility index (Phi) is 3.91. The van der Waals surface area contributed by atoms with Crippen LogP contribution < -0.4 is 4.74 Å². The molecular formula is C17H20F3NO2. The summed E-state index contributed by atoms with van der Waals surface area (Å²) in [6.45, 7) is 1.83. The van der Waals surface area contributed by atoms with Crippen LogP contribution in [0, 0.1) is 11.8 Å². The fourth-order valence-corrected chi connectivity index (χ4v) is 3.93. The molecule has 2 aliphatic carbocycles. The van der Waals surface area contributed by atoms with Crippen LogP contribution in [-0.2, 0) is 6.18 Å². The quantitative estimate of drug-likeness (QED) is 0.861. The van der Waals surface area contributed by atoms with E-state index in [2.05, 4.69) is 4.99 Å². The van der Waals surface area contributed by atoms with Crippen LogP contribution in [0.25, 0.3) is 0 Å². The number of aliphatic imine (C=N–C) groups is 1. The van der Waals surface area contributed by atoms with Gasteiger partial charge in [-0.05, 0) is 56.2 Å². The van der Waals surface area contributed by atoms with Crippen molar-refractivity contribution < 1.29 is 23.0 Å². The molecule has 23 heavy (non-hydrogen) atoms. The van der Waals surface area contributed by atoms with Crippen molar-refractivity contribution in [1.82, 2.24) is 0 Å². The molecule has 6 heteroatoms. The lowest BCUT2D eigenvalue weighted by Gasteiger charge is -2.32. The number of hydrogen-bond acceptors (Lipinski definition) is 3. The van der Waals surface area contributed by atoms with E-state index >= 15 is 0 Å². The number of halogens is 3. The van der Waals surface area contributed by atoms with Crippen molar-refractivity contribution >= 4 is 6.21 Å². The van der Waals surface area contributed by atoms with E-state index in [1.165, 1.54) is 19.3 Å². The van der Waals surface area contributed by atoms with Gasteiger partial charge in [0.05, 0.1) is 11.2 Å². The molecular weight excluding hydrogens is 307 g/mol. The first-order valence-corrected chi connectivity index (χ1v) is 7.73. The number of rotatable bonds is 3. The summed E-state index contributed by atoms with van der Waals surface area (Å²) < 4.78 is 45.3. The fraction of sp³-hybridized carbons (Fsp3) is 0.588. The summed E-state index contributed by atoms with van der Waals surface area (Å²) >= 11 is 0. The largest absolute Gasteiger partial charge is 0.490 e. The number of nitrogens with zero attached hydrogens (tertiary/aromatic N) is 1. The third-order valence-electron chi connectivity index (χ3n) is 5.07. The molecule has 0 spiro atoms. The van der Waals surface area contributed by atoms with E-state index in [1.54, 1.807) is 6.07 Å². The van der Waals surface area contributed by atoms with Crippen LogP contribution in [0.2, 0.25) is 0 Å². The first-order valence-electron chi connectivity index (χ1n) is 7.73. The highest BCUT2D eigenvalue weighted by atomic mass is 19.4. The Bertz CT molecular complexity index is 625. The molecule has 2 unspecified atom stereocenters. The Morgan fingerprint density at radius 3 is 2.61 bits per heavy atom. The van der Waals surface area contributed by atoms with E-state index in [-0.39, 0.29) is 29.3 Å². The van der Waals surface area contributed by atoms with Crippen molar-refractivity contribution in [3.05, 3.63) is 29.3 Å². The Hall–Kier alpha value is -1.56. The molecule has 0 heterocycles. The zero-order chi connectivity index (χ0) is 16.8. The van der Waals surface area contributed by atoms with Gasteiger partial charge in [-0.3, -0.25) is 4.99 Å². The van der Waals surface area contributed by atoms with Crippen molar-refractivity contribution in [2.75, 3.05) is 7.05 Å². The van der Waals surface area contributed by atoms with E-state index in [9.17, 15) is 18.3 Å². The van der Waals surface area contributed by atoms with Crippen LogP contribution in [0.15, 0.2) is 23.2 Å². The molecule has 2 fully saturated rings. The van der Waals surface area contributed by atoms with Crippen molar-refractivity contribution in [3.63, 3.8) is 0 Å². The molecule has 1 aromatic carbocycles. The predicted molar refractivity (Wildman–Crippen MR) is 80.8 cm³/mol. The van der Waals surface area contributed by atoms with Crippen molar-refractivity contribution in [3.8, 4) is 5.75 Å². The van der Waals surface area contributed by atoms with E-state index < -0.39 is 17.3 Å². The van der Waals surface area contributed by atoms with Crippen LogP contribution in [0.4, 0.5) is 13.2 Å². The fourth-order valence-electron chi connectivity index (χ4n) is 3.93. The highest BCUT2D eigenvalue weighted by molar-refractivity contribution is 5.82. The summed E-state index contributed by atoms with van der Waals surface area (Å²) in [5.74, 6) is 0.607. The van der Waals surface area contributed by atoms with Crippen molar-refractivity contribution in [2.45, 2.75) is 44.1 Å². The lowest BCUT2D eigenvalue weighted by molar-refractivity contribution is -0.137. The Morgan fingerprint density at radius 2 is 2.09 bits per heavy atom. The third-order valence-corrected chi connectivity index (χ3v) is 5.07. The van der Waals surface area contributed by atoms with Gasteiger partial charge in [0.2, 0.25) is 0 Å². The average Bonchev–Trinajstić information content (AvgIpc) is 2.95. The minimum Gasteiger partial charge on any atom is -0.490 e. The Balaban J connectivity index is 1.80. The molecule has 2 bridgehead atoms. The second kappa shape index (κ2) is 5.51. The normalized spacial score (nSPS) is 33.6. The molecule has 1 aromatic rings. The van der Waals surface area contributed by atoms with Crippen LogP contribution in [0.5, 0.6) is 5.75 Å². The van der Waals surface area contributed by atoms with Gasteiger partial charge in [0, 0.05) is 18.8 Å². The number of hydrogen-bond donors (Lipinski definition) is 1. The molecule has 0 aliphatic heterocycles. The summed E-state index contributed by atoms with van der Waals surface area (Å²) in [6.07, 6.45) is -1.15. The SMILES string of the molecule is CN=Cc1ccc(OC2C[C@@H]3C[C@H]2CC3(C)O)cc1C(F)(F)F. The van der Waals surface area contributed by atoms with Gasteiger partial charge in [-0.25, -0.2) is 0 Å². The molecule has 0 radical (unpaired) electrons. The number of alkyl halides is 3. The minimum absolute atomic E-state index is 0.0308. The monoisotopic (exact) mass is 327 g/mol. The first kappa shape index (κ1) is 16.3. The van der Waals surface area contributed by atoms with Gasteiger partial charge in [-0.15, -0.1) is 0 Å². The molecule has 0 amide bonds. The minimum atomic E-state index is -4.45. The van der Waals surface area contributed by atoms with Gasteiger partial charge in [0.15, 0.2) is 0 Å². The van der Waals surface area contributed by atoms with Gasteiger partial charge < -0.3 is 9.84 Å². The van der Waals surface area contributed by atoms with Gasteiger partial charge in [-0.2, -0.15) is 13.2 Å². The Morgan fingerprint density at radius 1 is 1.35 bits per heavy atom. The molecule has 2 aliphatic rings. The van der Waals surface area contributed by atoms with Crippen LogP contribution in [0.3, 0.4) is 0 Å². The second-order valence-corrected chi connectivity index (χ2v) is 6.78. The maximum Gasteiger partial charge on any atom is 0.417 e. The highest BCUT2D eigenvalue weighted by Gasteiger charge is 2.52. The number of fused-ring (bicyclic) bond motifs is 2. The van der Waals surface area contributed by atoms with Gasteiger partial charge in [0.25, 0.3) is 0 Å². The summed E-state index contributed by atoms with van der Waals surface area (Å²) in [4.78, 5) is 3.67. The summed E-state index contributed by atoms with van der Waals surface area (Å²) in [5, 5.41) is 10.2. The summed E-state index contributed by atoms with van der Waals surface area (Å²) in [7, 11) is 1.44. The lowest BCUT2D eigenvalue weighted by Crippen LogP contribution is -2.37. The zero-order valence-corrected chi connectivity index (χ0v) is 13.1. The molecule has 3 rings (SSSR count). The predicted octanol–water partition coefficient (Wildman–Crippen LogP) is 3.68. The van der Waals surface area contributed by atoms with E-state index in [0.717, 1.165) is 12.5 Å². The number of aliphatic hydroxyl groups is 1. The molecule has 3 nitrogen and oxygen atoms in total. The molecule has 2 saturated carbocycles. The maximum atomic E-state index is 13.2. The van der Waals surface area contributed by atoms with Crippen LogP contribution >= 0.6 is 0 Å². The molecule has 0 saturated heterocycles. The van der Waals surface area contributed by atoms with Crippen molar-refractivity contribution in [1.29, 1.82) is 0 Å². The topological polar surface area (TPSA) is 41.8 Å². The van der Waals surface area contributed by atoms with E-state index in [1.807, 2.05) is 6.92 Å². The smallest absolute Gasteiger partial charge is 0.417 e. The van der Waals surface area contributed by atoms with Crippen LogP contribution in [0.1, 0.15) is 37.3 Å². The standard InChI is InChI=1S/C17H20F3NO2/c1-16(22)8-11-5-12(16)6-15(11)23-13-4-3-10(9-21-2)14(7-13)17(18,19)20/h3-4,7,9,11-12,15,22H,5-6,8H2,1-2H3/t11-,12-,15?,16?/m0/s1. The molecule has 0 aromatic heterocycles. The first-order chi connectivity index (χ1) is 10.7. The number of benzene rings is 1. The summed E-state index contributed by atoms with van der Waals surface area (Å²) in [5.41, 5.74) is -1.37. The van der Waals surface area contributed by atoms with Crippen molar-refractivity contribution in [2.24, 2.45) is 16.8 Å². The van der Waals surface area contributed by atoms with Gasteiger partial charge in [0.1, 0.15) is 11.9 Å². The second-order valence-electron chi connectivity index (χ2n) is 6.78. The zero-order valence-electron chi connectivity index (χ0n) is 13.1. The third kappa shape index (κ3) is 3.09. The van der Waals surface area contributed by atoms with Gasteiger partial charge >= 0.3 is 6.18 Å². The highest BCUT2D eigenvalue weighted by Crippen LogP contribution is 2.51. The Labute approximate surface area is 133 Å².